The van der Waals surface area contributed by atoms with Crippen LogP contribution >= 0.6 is 0 Å². The van der Waals surface area contributed by atoms with Crippen LogP contribution in [0, 0.1) is 0 Å². The van der Waals surface area contributed by atoms with Crippen molar-refractivity contribution >= 4 is 27.4 Å². The average Bonchev–Trinajstić information content (AvgIpc) is 2.83. The number of amides is 1. The lowest BCUT2D eigenvalue weighted by atomic mass is 10.1. The van der Waals surface area contributed by atoms with Crippen LogP contribution in [0.1, 0.15) is 10.4 Å². The molecule has 0 aliphatic rings. The van der Waals surface area contributed by atoms with Gasteiger partial charge in [-0.2, -0.15) is 4.98 Å². The van der Waals surface area contributed by atoms with Crippen LogP contribution < -0.4 is 24.3 Å². The highest BCUT2D eigenvalue weighted by Gasteiger charge is 2.19. The summed E-state index contributed by atoms with van der Waals surface area (Å²) in [4.78, 5) is 20.5. The van der Waals surface area contributed by atoms with E-state index in [9.17, 15) is 13.2 Å². The summed E-state index contributed by atoms with van der Waals surface area (Å²) in [5.74, 6) is 0.130. The molecule has 0 atom stereocenters. The van der Waals surface area contributed by atoms with Crippen LogP contribution in [0.2, 0.25) is 0 Å². The van der Waals surface area contributed by atoms with Gasteiger partial charge in [-0.1, -0.05) is 6.07 Å². The molecule has 0 fully saturated rings. The number of aromatic nitrogens is 2. The SMILES string of the molecule is COc1cc([N-]S(=O)(=O)c2ccc(NC(=O)c3c(OC)cccc3OC)cc2)nc(OC)n1. The van der Waals surface area contributed by atoms with Gasteiger partial charge in [0.15, 0.2) is 0 Å². The predicted octanol–water partition coefficient (Wildman–Crippen LogP) is 3.16. The molecule has 0 aliphatic heterocycles. The third-order valence-electron chi connectivity index (χ3n) is 4.34. The first kappa shape index (κ1) is 23.6. The van der Waals surface area contributed by atoms with Gasteiger partial charge in [0.2, 0.25) is 21.9 Å². The fraction of sp³-hybridized carbons (Fsp3) is 0.190. The highest BCUT2D eigenvalue weighted by molar-refractivity contribution is 7.94. The van der Waals surface area contributed by atoms with Crippen molar-refractivity contribution in [3.8, 4) is 23.4 Å². The van der Waals surface area contributed by atoms with E-state index < -0.39 is 15.9 Å². The van der Waals surface area contributed by atoms with Gasteiger partial charge < -0.3 is 34.0 Å². The second kappa shape index (κ2) is 10.0. The van der Waals surface area contributed by atoms with Gasteiger partial charge in [-0.25, -0.2) is 8.42 Å². The molecule has 174 valence electrons. The minimum absolute atomic E-state index is 0.0897. The van der Waals surface area contributed by atoms with Gasteiger partial charge in [-0.3, -0.25) is 4.79 Å². The number of ether oxygens (including phenoxy) is 4. The van der Waals surface area contributed by atoms with Gasteiger partial charge in [-0.05, 0) is 42.2 Å². The molecule has 12 heteroatoms. The molecule has 1 amide bonds. The smallest absolute Gasteiger partial charge is 0.263 e. The maximum Gasteiger partial charge on any atom is 0.263 e. The largest absolute Gasteiger partial charge is 0.496 e. The Morgan fingerprint density at radius 3 is 2.06 bits per heavy atom. The summed E-state index contributed by atoms with van der Waals surface area (Å²) in [5, 5.41) is 2.69. The van der Waals surface area contributed by atoms with Crippen molar-refractivity contribution in [2.75, 3.05) is 33.8 Å². The molecule has 11 nitrogen and oxygen atoms in total. The van der Waals surface area contributed by atoms with Crippen molar-refractivity contribution in [3.63, 3.8) is 0 Å². The number of carbonyl (C=O) groups is 1. The first-order valence-corrected chi connectivity index (χ1v) is 10.8. The Morgan fingerprint density at radius 1 is 0.879 bits per heavy atom. The zero-order valence-corrected chi connectivity index (χ0v) is 19.0. The van der Waals surface area contributed by atoms with E-state index in [4.69, 9.17) is 18.9 Å². The quantitative estimate of drug-likeness (QED) is 0.496. The van der Waals surface area contributed by atoms with Gasteiger partial charge in [-0.15, -0.1) is 0 Å². The van der Waals surface area contributed by atoms with Gasteiger partial charge in [0.1, 0.15) is 17.1 Å². The van der Waals surface area contributed by atoms with Gasteiger partial charge in [0, 0.05) is 11.8 Å². The molecule has 0 bridgehead atoms. The van der Waals surface area contributed by atoms with E-state index in [1.165, 1.54) is 58.8 Å². The van der Waals surface area contributed by atoms with Gasteiger partial charge in [0.05, 0.1) is 33.3 Å². The lowest BCUT2D eigenvalue weighted by molar-refractivity contribution is 0.102. The van der Waals surface area contributed by atoms with Crippen molar-refractivity contribution in [1.29, 1.82) is 0 Å². The van der Waals surface area contributed by atoms with Crippen molar-refractivity contribution in [3.05, 3.63) is 58.8 Å². The maximum absolute atomic E-state index is 12.8. The van der Waals surface area contributed by atoms with Crippen molar-refractivity contribution in [2.45, 2.75) is 4.90 Å². The van der Waals surface area contributed by atoms with E-state index in [0.29, 0.717) is 17.2 Å². The van der Waals surface area contributed by atoms with Crippen molar-refractivity contribution in [1.82, 2.24) is 9.97 Å². The zero-order chi connectivity index (χ0) is 24.0. The number of nitrogens with zero attached hydrogens (tertiary/aromatic N) is 3. The zero-order valence-electron chi connectivity index (χ0n) is 18.2. The van der Waals surface area contributed by atoms with E-state index >= 15 is 0 Å². The molecule has 2 aromatic carbocycles. The Labute approximate surface area is 190 Å². The lowest BCUT2D eigenvalue weighted by Crippen LogP contribution is -2.14. The predicted molar refractivity (Wildman–Crippen MR) is 119 cm³/mol. The monoisotopic (exact) mass is 473 g/mol. The number of methoxy groups -OCH3 is 4. The van der Waals surface area contributed by atoms with Crippen LogP contribution in [0.3, 0.4) is 0 Å². The number of carbonyl (C=O) groups excluding carboxylic acids is 1. The topological polar surface area (TPSA) is 140 Å². The number of anilines is 1. The fourth-order valence-electron chi connectivity index (χ4n) is 2.79. The minimum Gasteiger partial charge on any atom is -0.496 e. The first-order valence-electron chi connectivity index (χ1n) is 9.38. The molecule has 1 heterocycles. The molecule has 0 saturated carbocycles. The molecule has 0 saturated heterocycles. The van der Waals surface area contributed by atoms with Crippen LogP contribution in [-0.4, -0.2) is 52.7 Å². The minimum atomic E-state index is -4.11. The highest BCUT2D eigenvalue weighted by Crippen LogP contribution is 2.31. The molecule has 3 rings (SSSR count). The summed E-state index contributed by atoms with van der Waals surface area (Å²) in [6, 6.07) is 11.6. The number of hydrogen-bond acceptors (Lipinski definition) is 9. The molecular formula is C21H21N4O7S-. The van der Waals surface area contributed by atoms with Crippen LogP contribution in [0.25, 0.3) is 4.72 Å². The third kappa shape index (κ3) is 5.41. The molecule has 1 N–H and O–H groups in total. The summed E-state index contributed by atoms with van der Waals surface area (Å²) >= 11 is 0. The summed E-state index contributed by atoms with van der Waals surface area (Å²) in [6.07, 6.45) is 0. The standard InChI is InChI=1S/C21H22N4O7S/c1-29-15-6-5-7-16(30-2)19(15)20(26)22-13-8-10-14(11-9-13)33(27,28)25-17-12-18(31-3)24-21(23-17)32-4/h5-12H,1-4H3,(H2,22,23,24,25,26)/p-1. The van der Waals surface area contributed by atoms with E-state index in [1.54, 1.807) is 18.2 Å². The Kier molecular flexibility index (Phi) is 7.18. The summed E-state index contributed by atoms with van der Waals surface area (Å²) in [5.41, 5.74) is 0.568. The Hall–Kier alpha value is -4.06. The number of hydrogen-bond donors (Lipinski definition) is 1. The number of rotatable bonds is 9. The molecular weight excluding hydrogens is 452 g/mol. The first-order chi connectivity index (χ1) is 15.8. The second-order valence-electron chi connectivity index (χ2n) is 6.34. The molecule has 0 spiro atoms. The number of nitrogens with one attached hydrogen (secondary N) is 1. The van der Waals surface area contributed by atoms with E-state index in [1.807, 2.05) is 0 Å². The maximum atomic E-state index is 12.8. The Morgan fingerprint density at radius 2 is 1.52 bits per heavy atom. The summed E-state index contributed by atoms with van der Waals surface area (Å²) in [7, 11) is 1.48. The average molecular weight is 473 g/mol. The molecule has 0 unspecified atom stereocenters. The normalized spacial score (nSPS) is 10.8. The summed E-state index contributed by atoms with van der Waals surface area (Å²) in [6.45, 7) is 0. The van der Waals surface area contributed by atoms with Crippen molar-refractivity contribution < 1.29 is 32.2 Å². The Bertz CT molecular complexity index is 1200. The van der Waals surface area contributed by atoms with Crippen LogP contribution in [0.4, 0.5) is 11.5 Å². The summed E-state index contributed by atoms with van der Waals surface area (Å²) < 4.78 is 49.5. The molecule has 33 heavy (non-hydrogen) atoms. The van der Waals surface area contributed by atoms with Crippen LogP contribution in [0.5, 0.6) is 23.4 Å². The van der Waals surface area contributed by atoms with Gasteiger partial charge in [0.25, 0.3) is 5.91 Å². The number of benzene rings is 2. The lowest BCUT2D eigenvalue weighted by Gasteiger charge is -2.18. The molecule has 3 aromatic rings. The van der Waals surface area contributed by atoms with E-state index in [0.717, 1.165) is 0 Å². The fourth-order valence-corrected chi connectivity index (χ4v) is 3.71. The molecule has 0 aliphatic carbocycles. The molecule has 1 aromatic heterocycles. The van der Waals surface area contributed by atoms with Crippen LogP contribution in [0.15, 0.2) is 53.4 Å². The third-order valence-corrected chi connectivity index (χ3v) is 5.63. The van der Waals surface area contributed by atoms with Crippen molar-refractivity contribution in [2.24, 2.45) is 0 Å². The Balaban J connectivity index is 1.80. The van der Waals surface area contributed by atoms with E-state index in [-0.39, 0.29) is 28.2 Å². The van der Waals surface area contributed by atoms with E-state index in [2.05, 4.69) is 20.0 Å². The van der Waals surface area contributed by atoms with Crippen LogP contribution in [-0.2, 0) is 10.0 Å². The highest BCUT2D eigenvalue weighted by atomic mass is 32.2. The van der Waals surface area contributed by atoms with Gasteiger partial charge >= 0.3 is 0 Å². The molecule has 0 radical (unpaired) electrons. The number of sulfonamides is 1. The second-order valence-corrected chi connectivity index (χ2v) is 7.94.